The predicted molar refractivity (Wildman–Crippen MR) is 88.4 cm³/mol. The van der Waals surface area contributed by atoms with E-state index in [9.17, 15) is 9.90 Å². The summed E-state index contributed by atoms with van der Waals surface area (Å²) in [6, 6.07) is 9.78. The van der Waals surface area contributed by atoms with Crippen molar-refractivity contribution in [2.45, 2.75) is 20.8 Å². The highest BCUT2D eigenvalue weighted by atomic mass is 16.4. The first-order valence-corrected chi connectivity index (χ1v) is 7.12. The summed E-state index contributed by atoms with van der Waals surface area (Å²) in [5.41, 5.74) is 12.6. The van der Waals surface area contributed by atoms with E-state index in [1.165, 1.54) is 5.56 Å². The molecule has 22 heavy (non-hydrogen) atoms. The molecule has 0 amide bonds. The molecule has 4 heteroatoms. The normalized spacial score (nSPS) is 11.0. The molecule has 0 aliphatic carbocycles. The molecule has 0 atom stereocenters. The Morgan fingerprint density at radius 2 is 1.73 bits per heavy atom. The van der Waals surface area contributed by atoms with Gasteiger partial charge < -0.3 is 15.2 Å². The van der Waals surface area contributed by atoms with Gasteiger partial charge in [0.2, 0.25) is 0 Å². The number of rotatable bonds is 2. The number of hydrogen-bond acceptors (Lipinski definition) is 2. The van der Waals surface area contributed by atoms with Gasteiger partial charge in [-0.2, -0.15) is 0 Å². The van der Waals surface area contributed by atoms with E-state index >= 15 is 0 Å². The Morgan fingerprint density at radius 3 is 2.32 bits per heavy atom. The summed E-state index contributed by atoms with van der Waals surface area (Å²) in [6.07, 6.45) is 1.73. The molecule has 3 rings (SSSR count). The number of hydrogen-bond donors (Lipinski definition) is 2. The lowest BCUT2D eigenvalue weighted by atomic mass is 9.93. The number of carboxylic acid groups (broad SMARTS) is 1. The van der Waals surface area contributed by atoms with Gasteiger partial charge in [-0.05, 0) is 49.6 Å². The van der Waals surface area contributed by atoms with Crippen molar-refractivity contribution in [3.63, 3.8) is 0 Å². The minimum Gasteiger partial charge on any atom is -0.476 e. The number of anilines is 1. The van der Waals surface area contributed by atoms with E-state index in [0.29, 0.717) is 5.69 Å². The first-order valence-electron chi connectivity index (χ1n) is 7.12. The molecule has 0 spiro atoms. The predicted octanol–water partition coefficient (Wildman–Crippen LogP) is 3.81. The summed E-state index contributed by atoms with van der Waals surface area (Å²) in [6.45, 7) is 6.11. The van der Waals surface area contributed by atoms with E-state index in [4.69, 9.17) is 5.73 Å². The van der Waals surface area contributed by atoms with E-state index in [2.05, 4.69) is 12.1 Å². The van der Waals surface area contributed by atoms with Crippen LogP contribution in [-0.2, 0) is 0 Å². The molecule has 1 aromatic carbocycles. The number of fused-ring (bicyclic) bond motifs is 1. The van der Waals surface area contributed by atoms with E-state index in [1.54, 1.807) is 16.7 Å². The minimum atomic E-state index is -1.02. The lowest BCUT2D eigenvalue weighted by Gasteiger charge is -2.12. The Kier molecular flexibility index (Phi) is 3.17. The zero-order valence-corrected chi connectivity index (χ0v) is 12.8. The molecule has 0 radical (unpaired) electrons. The fourth-order valence-corrected chi connectivity index (χ4v) is 3.28. The number of nitrogen functional groups attached to an aromatic ring is 1. The van der Waals surface area contributed by atoms with Gasteiger partial charge in [0.25, 0.3) is 0 Å². The van der Waals surface area contributed by atoms with Crippen LogP contribution in [0.25, 0.3) is 16.6 Å². The first kappa shape index (κ1) is 14.2. The third-order valence-electron chi connectivity index (χ3n) is 4.01. The van der Waals surface area contributed by atoms with Crippen molar-refractivity contribution in [2.75, 3.05) is 5.73 Å². The lowest BCUT2D eigenvalue weighted by Crippen LogP contribution is -2.04. The highest BCUT2D eigenvalue weighted by Crippen LogP contribution is 2.39. The number of carbonyl (C=O) groups is 1. The van der Waals surface area contributed by atoms with Crippen LogP contribution in [-0.4, -0.2) is 15.5 Å². The summed E-state index contributed by atoms with van der Waals surface area (Å²) < 4.78 is 1.64. The molecule has 0 unspecified atom stereocenters. The number of nitrogens with two attached hydrogens (primary N) is 1. The fraction of sp³-hybridized carbons (Fsp3) is 0.167. The molecular formula is C18H18N2O2. The third kappa shape index (κ3) is 1.96. The zero-order valence-electron chi connectivity index (χ0n) is 12.8. The van der Waals surface area contributed by atoms with Gasteiger partial charge >= 0.3 is 5.97 Å². The first-order chi connectivity index (χ1) is 10.4. The van der Waals surface area contributed by atoms with Crippen LogP contribution in [0.5, 0.6) is 0 Å². The topological polar surface area (TPSA) is 67.7 Å². The highest BCUT2D eigenvalue weighted by molar-refractivity contribution is 6.04. The molecule has 0 fully saturated rings. The Bertz CT molecular complexity index is 884. The molecule has 2 heterocycles. The van der Waals surface area contributed by atoms with Crippen LogP contribution in [0.4, 0.5) is 5.69 Å². The third-order valence-corrected chi connectivity index (χ3v) is 4.01. The van der Waals surface area contributed by atoms with Crippen LogP contribution in [0.15, 0.2) is 36.5 Å². The molecule has 0 saturated heterocycles. The summed E-state index contributed by atoms with van der Waals surface area (Å²) >= 11 is 0. The molecule has 0 aliphatic rings. The Balaban J connectivity index is 2.48. The van der Waals surface area contributed by atoms with Crippen molar-refractivity contribution >= 4 is 17.2 Å². The molecule has 112 valence electrons. The van der Waals surface area contributed by atoms with Crippen LogP contribution in [0.1, 0.15) is 27.2 Å². The standard InChI is InChI=1S/C18H18N2O2/c1-10-8-11(2)14(12(3)9-10)15-13-6-4-5-7-20(13)17(16(15)19)18(21)22/h4-9H,19H2,1-3H3,(H,21,22). The van der Waals surface area contributed by atoms with Gasteiger partial charge in [-0.25, -0.2) is 4.79 Å². The Morgan fingerprint density at radius 1 is 1.09 bits per heavy atom. The second kappa shape index (κ2) is 4.91. The van der Waals surface area contributed by atoms with Crippen molar-refractivity contribution in [3.8, 4) is 11.1 Å². The fourth-order valence-electron chi connectivity index (χ4n) is 3.28. The maximum absolute atomic E-state index is 11.6. The average molecular weight is 294 g/mol. The maximum atomic E-state index is 11.6. The summed E-state index contributed by atoms with van der Waals surface area (Å²) in [5.74, 6) is -1.02. The zero-order chi connectivity index (χ0) is 16.0. The van der Waals surface area contributed by atoms with Crippen molar-refractivity contribution in [1.29, 1.82) is 0 Å². The molecule has 0 saturated carbocycles. The van der Waals surface area contributed by atoms with Gasteiger partial charge in [0.1, 0.15) is 0 Å². The quantitative estimate of drug-likeness (QED) is 0.755. The van der Waals surface area contributed by atoms with Crippen LogP contribution in [0.2, 0.25) is 0 Å². The molecule has 3 N–H and O–H groups in total. The number of carboxylic acids is 1. The van der Waals surface area contributed by atoms with Crippen LogP contribution in [0, 0.1) is 20.8 Å². The number of nitrogens with zero attached hydrogens (tertiary/aromatic N) is 1. The van der Waals surface area contributed by atoms with E-state index < -0.39 is 5.97 Å². The molecule has 0 aliphatic heterocycles. The molecule has 2 aromatic heterocycles. The van der Waals surface area contributed by atoms with Gasteiger partial charge in [0.05, 0.1) is 11.2 Å². The maximum Gasteiger partial charge on any atom is 0.355 e. The smallest absolute Gasteiger partial charge is 0.355 e. The van der Waals surface area contributed by atoms with Gasteiger partial charge in [0.15, 0.2) is 5.69 Å². The van der Waals surface area contributed by atoms with Gasteiger partial charge in [-0.15, -0.1) is 0 Å². The SMILES string of the molecule is Cc1cc(C)c(-c2c(N)c(C(=O)O)n3ccccc23)c(C)c1. The van der Waals surface area contributed by atoms with Gasteiger partial charge in [0, 0.05) is 11.8 Å². The van der Waals surface area contributed by atoms with Crippen LogP contribution >= 0.6 is 0 Å². The monoisotopic (exact) mass is 294 g/mol. The number of benzene rings is 1. The van der Waals surface area contributed by atoms with Crippen molar-refractivity contribution < 1.29 is 9.90 Å². The molecule has 0 bridgehead atoms. The number of aryl methyl sites for hydroxylation is 3. The number of aromatic nitrogens is 1. The summed E-state index contributed by atoms with van der Waals surface area (Å²) in [7, 11) is 0. The van der Waals surface area contributed by atoms with Gasteiger partial charge in [-0.3, -0.25) is 0 Å². The average Bonchev–Trinajstić information content (AvgIpc) is 2.71. The number of aromatic carboxylic acids is 1. The molecule has 3 aromatic rings. The van der Waals surface area contributed by atoms with E-state index in [-0.39, 0.29) is 5.69 Å². The van der Waals surface area contributed by atoms with E-state index in [1.807, 2.05) is 32.9 Å². The molecule has 4 nitrogen and oxygen atoms in total. The Hall–Kier alpha value is -2.75. The summed E-state index contributed by atoms with van der Waals surface area (Å²) in [4.78, 5) is 11.6. The summed E-state index contributed by atoms with van der Waals surface area (Å²) in [5, 5.41) is 9.51. The van der Waals surface area contributed by atoms with Crippen LogP contribution in [0.3, 0.4) is 0 Å². The van der Waals surface area contributed by atoms with E-state index in [0.717, 1.165) is 27.8 Å². The largest absolute Gasteiger partial charge is 0.476 e. The van der Waals surface area contributed by atoms with Gasteiger partial charge in [-0.1, -0.05) is 23.8 Å². The van der Waals surface area contributed by atoms with Crippen molar-refractivity contribution in [1.82, 2.24) is 4.40 Å². The van der Waals surface area contributed by atoms with Crippen molar-refractivity contribution in [2.24, 2.45) is 0 Å². The number of pyridine rings is 1. The van der Waals surface area contributed by atoms with Crippen LogP contribution < -0.4 is 5.73 Å². The lowest BCUT2D eigenvalue weighted by molar-refractivity contribution is 0.0690. The minimum absolute atomic E-state index is 0.116. The highest BCUT2D eigenvalue weighted by Gasteiger charge is 2.23. The molecular weight excluding hydrogens is 276 g/mol. The van der Waals surface area contributed by atoms with Crippen molar-refractivity contribution in [3.05, 3.63) is 58.9 Å². The second-order valence-corrected chi connectivity index (χ2v) is 5.67. The Labute approximate surface area is 128 Å². The second-order valence-electron chi connectivity index (χ2n) is 5.67.